The van der Waals surface area contributed by atoms with Crippen LogP contribution in [0.5, 0.6) is 0 Å². The maximum atomic E-state index is 11.7. The second kappa shape index (κ2) is 6.87. The van der Waals surface area contributed by atoms with E-state index in [1.54, 1.807) is 0 Å². The first kappa shape index (κ1) is 15.7. The third-order valence-corrected chi connectivity index (χ3v) is 7.26. The quantitative estimate of drug-likeness (QED) is 0.773. The highest BCUT2D eigenvalue weighted by Crippen LogP contribution is 2.35. The molecule has 1 heterocycles. The molecule has 6 heteroatoms. The van der Waals surface area contributed by atoms with E-state index in [4.69, 9.17) is 0 Å². The van der Waals surface area contributed by atoms with Crippen LogP contribution < -0.4 is 4.72 Å². The zero-order valence-corrected chi connectivity index (χ0v) is 13.9. The van der Waals surface area contributed by atoms with Gasteiger partial charge in [-0.1, -0.05) is 41.6 Å². The Morgan fingerprint density at radius 1 is 1.00 bits per heavy atom. The largest absolute Gasteiger partial charge is 0.296 e. The van der Waals surface area contributed by atoms with Crippen molar-refractivity contribution in [2.24, 2.45) is 0 Å². The highest BCUT2D eigenvalue weighted by molar-refractivity contribution is 9.10. The summed E-state index contributed by atoms with van der Waals surface area (Å²) in [7, 11) is -3.16. The monoisotopic (exact) mass is 352 g/mol. The van der Waals surface area contributed by atoms with Crippen LogP contribution in [0.2, 0.25) is 0 Å². The van der Waals surface area contributed by atoms with Gasteiger partial charge >= 0.3 is 0 Å². The van der Waals surface area contributed by atoms with E-state index in [-0.39, 0.29) is 10.2 Å². The van der Waals surface area contributed by atoms with Gasteiger partial charge in [-0.25, -0.2) is 13.1 Å². The second-order valence-corrected chi connectivity index (χ2v) is 8.99. The fraction of sp³-hybridized carbons (Fsp3) is 1.00. The molecular weight excluding hydrogens is 328 g/mol. The first-order valence-electron chi connectivity index (χ1n) is 7.36. The Balaban J connectivity index is 2.05. The van der Waals surface area contributed by atoms with Gasteiger partial charge in [0, 0.05) is 12.1 Å². The molecule has 1 N–H and O–H groups in total. The molecule has 1 saturated carbocycles. The van der Waals surface area contributed by atoms with Crippen LogP contribution >= 0.6 is 15.9 Å². The third-order valence-electron chi connectivity index (χ3n) is 4.58. The van der Waals surface area contributed by atoms with Crippen molar-refractivity contribution in [2.75, 3.05) is 24.3 Å². The molecule has 1 aliphatic heterocycles. The average Bonchev–Trinajstić information content (AvgIpc) is 2.47. The number of hydrogen-bond acceptors (Lipinski definition) is 3. The number of likely N-dealkylation sites (tertiary alicyclic amines) is 1. The Labute approximate surface area is 125 Å². The summed E-state index contributed by atoms with van der Waals surface area (Å²) in [5.41, 5.74) is 0.0773. The minimum atomic E-state index is -3.16. The molecule has 0 bridgehead atoms. The molecule has 112 valence electrons. The van der Waals surface area contributed by atoms with E-state index in [1.165, 1.54) is 38.5 Å². The molecule has 0 aromatic carbocycles. The summed E-state index contributed by atoms with van der Waals surface area (Å²) in [6, 6.07) is 0. The number of piperidine rings is 1. The van der Waals surface area contributed by atoms with Gasteiger partial charge in [0.05, 0.1) is 0 Å². The van der Waals surface area contributed by atoms with Crippen LogP contribution in [0, 0.1) is 0 Å². The number of sulfonamides is 1. The van der Waals surface area contributed by atoms with Crippen molar-refractivity contribution >= 4 is 26.0 Å². The Morgan fingerprint density at radius 2 is 1.58 bits per heavy atom. The van der Waals surface area contributed by atoms with Crippen LogP contribution in [0.3, 0.4) is 0 Å². The Morgan fingerprint density at radius 3 is 2.16 bits per heavy atom. The lowest BCUT2D eigenvalue weighted by Crippen LogP contribution is -2.58. The van der Waals surface area contributed by atoms with Gasteiger partial charge in [-0.05, 0) is 38.8 Å². The summed E-state index contributed by atoms with van der Waals surface area (Å²) in [5.74, 6) is 0. The van der Waals surface area contributed by atoms with Gasteiger partial charge in [0.2, 0.25) is 10.0 Å². The molecule has 0 aromatic heterocycles. The number of rotatable bonds is 5. The predicted octanol–water partition coefficient (Wildman–Crippen LogP) is 2.45. The second-order valence-electron chi connectivity index (χ2n) is 5.88. The highest BCUT2D eigenvalue weighted by atomic mass is 79.9. The molecule has 0 unspecified atom stereocenters. The third kappa shape index (κ3) is 4.16. The van der Waals surface area contributed by atoms with Crippen molar-refractivity contribution in [3.63, 3.8) is 0 Å². The summed E-state index contributed by atoms with van der Waals surface area (Å²) in [4.78, 5) is 2.56. The van der Waals surface area contributed by atoms with Crippen molar-refractivity contribution in [1.29, 1.82) is 0 Å². The minimum Gasteiger partial charge on any atom is -0.296 e. The van der Waals surface area contributed by atoms with Gasteiger partial charge in [0.15, 0.2) is 0 Å². The Bertz CT molecular complexity index is 374. The standard InChI is InChI=1S/C13H25BrN2O2S/c14-12-19(17,18)15-11-13(7-3-1-4-8-13)16-9-5-2-6-10-16/h15H,1-12H2. The van der Waals surface area contributed by atoms with Crippen LogP contribution in [0.1, 0.15) is 51.4 Å². The van der Waals surface area contributed by atoms with E-state index < -0.39 is 10.0 Å². The molecular formula is C13H25BrN2O2S. The van der Waals surface area contributed by atoms with Gasteiger partial charge in [-0.2, -0.15) is 0 Å². The molecule has 0 aromatic rings. The maximum Gasteiger partial charge on any atom is 0.221 e. The SMILES string of the molecule is O=S(=O)(CBr)NCC1(N2CCCCC2)CCCCC1. The summed E-state index contributed by atoms with van der Waals surface area (Å²) < 4.78 is 26.2. The van der Waals surface area contributed by atoms with Crippen LogP contribution in [0.15, 0.2) is 0 Å². The summed E-state index contributed by atoms with van der Waals surface area (Å²) in [6.07, 6.45) is 9.86. The van der Waals surface area contributed by atoms with Crippen molar-refractivity contribution in [1.82, 2.24) is 9.62 Å². The number of alkyl halides is 1. The molecule has 4 nitrogen and oxygen atoms in total. The highest BCUT2D eigenvalue weighted by Gasteiger charge is 2.38. The maximum absolute atomic E-state index is 11.7. The van der Waals surface area contributed by atoms with E-state index in [9.17, 15) is 8.42 Å². The van der Waals surface area contributed by atoms with Crippen molar-refractivity contribution in [2.45, 2.75) is 56.9 Å². The smallest absolute Gasteiger partial charge is 0.221 e. The zero-order chi connectivity index (χ0) is 13.8. The van der Waals surface area contributed by atoms with Gasteiger partial charge in [-0.15, -0.1) is 0 Å². The van der Waals surface area contributed by atoms with E-state index >= 15 is 0 Å². The van der Waals surface area contributed by atoms with Gasteiger partial charge in [0.1, 0.15) is 4.66 Å². The number of nitrogens with one attached hydrogen (secondary N) is 1. The molecule has 0 amide bonds. The Kier molecular flexibility index (Phi) is 5.69. The number of halogens is 1. The molecule has 19 heavy (non-hydrogen) atoms. The van der Waals surface area contributed by atoms with Gasteiger partial charge < -0.3 is 0 Å². The first-order valence-corrected chi connectivity index (χ1v) is 10.1. The first-order chi connectivity index (χ1) is 9.08. The minimum absolute atomic E-state index is 0.00389. The zero-order valence-electron chi connectivity index (χ0n) is 11.5. The van der Waals surface area contributed by atoms with E-state index in [1.807, 2.05) is 0 Å². The van der Waals surface area contributed by atoms with Crippen molar-refractivity contribution in [3.8, 4) is 0 Å². The van der Waals surface area contributed by atoms with Crippen LogP contribution in [0.25, 0.3) is 0 Å². The molecule has 0 atom stereocenters. The van der Waals surface area contributed by atoms with Crippen LogP contribution in [-0.4, -0.2) is 43.2 Å². The summed E-state index contributed by atoms with van der Waals surface area (Å²) >= 11 is 3.05. The molecule has 2 aliphatic rings. The lowest BCUT2D eigenvalue weighted by atomic mass is 9.79. The molecule has 2 rings (SSSR count). The fourth-order valence-electron chi connectivity index (χ4n) is 3.47. The van der Waals surface area contributed by atoms with Crippen LogP contribution in [-0.2, 0) is 10.0 Å². The Hall–Kier alpha value is 0.350. The lowest BCUT2D eigenvalue weighted by Gasteiger charge is -2.48. The number of hydrogen-bond donors (Lipinski definition) is 1. The molecule has 2 fully saturated rings. The molecule has 1 aliphatic carbocycles. The molecule has 1 saturated heterocycles. The molecule has 0 spiro atoms. The van der Waals surface area contributed by atoms with E-state index in [0.29, 0.717) is 6.54 Å². The van der Waals surface area contributed by atoms with E-state index in [0.717, 1.165) is 25.9 Å². The average molecular weight is 353 g/mol. The van der Waals surface area contributed by atoms with Crippen molar-refractivity contribution in [3.05, 3.63) is 0 Å². The lowest BCUT2D eigenvalue weighted by molar-refractivity contribution is 0.0376. The summed E-state index contributed by atoms with van der Waals surface area (Å²) in [6.45, 7) is 2.85. The predicted molar refractivity (Wildman–Crippen MR) is 82.0 cm³/mol. The fourth-order valence-corrected chi connectivity index (χ4v) is 4.52. The topological polar surface area (TPSA) is 49.4 Å². The van der Waals surface area contributed by atoms with Gasteiger partial charge in [0.25, 0.3) is 0 Å². The van der Waals surface area contributed by atoms with Crippen molar-refractivity contribution < 1.29 is 8.42 Å². The van der Waals surface area contributed by atoms with E-state index in [2.05, 4.69) is 25.6 Å². The summed E-state index contributed by atoms with van der Waals surface area (Å²) in [5, 5.41) is 0. The number of nitrogens with zero attached hydrogens (tertiary/aromatic N) is 1. The van der Waals surface area contributed by atoms with Crippen LogP contribution in [0.4, 0.5) is 0 Å². The normalized spacial score (nSPS) is 25.3. The molecule has 0 radical (unpaired) electrons. The van der Waals surface area contributed by atoms with Gasteiger partial charge in [-0.3, -0.25) is 4.90 Å².